The van der Waals surface area contributed by atoms with Crippen molar-refractivity contribution >= 4 is 23.0 Å². The van der Waals surface area contributed by atoms with E-state index in [1.54, 1.807) is 4.68 Å². The number of hydrogen-bond acceptors (Lipinski definition) is 5. The fourth-order valence-corrected chi connectivity index (χ4v) is 3.39. The standard InChI is InChI=1S/C19H19N5O/c1-10-14(11(2)24(5)22-10)15-17-16(20-19(21-17)23(3)4)12-8-6-7-9-13(12)18(15)25/h6-9H,1-5H3. The van der Waals surface area contributed by atoms with Gasteiger partial charge < -0.3 is 4.90 Å². The van der Waals surface area contributed by atoms with Gasteiger partial charge in [0.15, 0.2) is 5.78 Å². The van der Waals surface area contributed by atoms with E-state index < -0.39 is 0 Å². The first-order valence-corrected chi connectivity index (χ1v) is 8.14. The number of aliphatic imine (C=N–C) groups is 2. The number of Topliss-reactive ketones (excluding diaryl/α,β-unsaturated/α-hetero) is 1. The monoisotopic (exact) mass is 333 g/mol. The maximum Gasteiger partial charge on any atom is 0.226 e. The van der Waals surface area contributed by atoms with E-state index in [1.165, 1.54) is 0 Å². The quantitative estimate of drug-likeness (QED) is 0.805. The van der Waals surface area contributed by atoms with E-state index in [-0.39, 0.29) is 5.78 Å². The van der Waals surface area contributed by atoms with Gasteiger partial charge in [-0.15, -0.1) is 0 Å². The van der Waals surface area contributed by atoms with E-state index in [2.05, 4.69) is 15.1 Å². The minimum atomic E-state index is -0.0208. The number of aryl methyl sites for hydroxylation is 2. The van der Waals surface area contributed by atoms with Gasteiger partial charge in [-0.2, -0.15) is 5.10 Å². The number of nitrogens with zero attached hydrogens (tertiary/aromatic N) is 5. The molecule has 0 bridgehead atoms. The molecular weight excluding hydrogens is 314 g/mol. The van der Waals surface area contributed by atoms with Gasteiger partial charge in [-0.05, 0) is 13.8 Å². The summed E-state index contributed by atoms with van der Waals surface area (Å²) in [6.07, 6.45) is 0. The fourth-order valence-electron chi connectivity index (χ4n) is 3.39. The number of fused-ring (bicyclic) bond motifs is 3. The summed E-state index contributed by atoms with van der Waals surface area (Å²) in [4.78, 5) is 24.5. The summed E-state index contributed by atoms with van der Waals surface area (Å²) in [7, 11) is 5.68. The molecule has 1 aromatic carbocycles. The Balaban J connectivity index is 2.07. The summed E-state index contributed by atoms with van der Waals surface area (Å²) in [5.74, 6) is 0.582. The fraction of sp³-hybridized carbons (Fsp3) is 0.263. The Morgan fingerprint density at radius 3 is 2.32 bits per heavy atom. The van der Waals surface area contributed by atoms with Crippen LogP contribution in [0.25, 0.3) is 5.57 Å². The van der Waals surface area contributed by atoms with Crippen molar-refractivity contribution in [1.29, 1.82) is 0 Å². The van der Waals surface area contributed by atoms with Crippen LogP contribution in [0.2, 0.25) is 0 Å². The molecule has 0 atom stereocenters. The van der Waals surface area contributed by atoms with Crippen molar-refractivity contribution in [3.63, 3.8) is 0 Å². The molecule has 0 amide bonds. The van der Waals surface area contributed by atoms with Gasteiger partial charge in [0.2, 0.25) is 5.96 Å². The van der Waals surface area contributed by atoms with Crippen LogP contribution in [-0.4, -0.2) is 46.2 Å². The van der Waals surface area contributed by atoms with Crippen LogP contribution < -0.4 is 0 Å². The van der Waals surface area contributed by atoms with Gasteiger partial charge in [-0.1, -0.05) is 24.3 Å². The molecule has 4 rings (SSSR count). The summed E-state index contributed by atoms with van der Waals surface area (Å²) in [6, 6.07) is 7.59. The van der Waals surface area contributed by atoms with Gasteiger partial charge in [0.1, 0.15) is 11.4 Å². The van der Waals surface area contributed by atoms with Crippen molar-refractivity contribution in [3.8, 4) is 0 Å². The molecule has 1 aliphatic heterocycles. The topological polar surface area (TPSA) is 62.9 Å². The number of ketones is 1. The Morgan fingerprint density at radius 2 is 1.72 bits per heavy atom. The lowest BCUT2D eigenvalue weighted by molar-refractivity contribution is 0.105. The van der Waals surface area contributed by atoms with Gasteiger partial charge in [-0.3, -0.25) is 9.48 Å². The Bertz CT molecular complexity index is 1020. The number of carbonyl (C=O) groups is 1. The molecular formula is C19H19N5O. The van der Waals surface area contributed by atoms with Crippen LogP contribution in [0.1, 0.15) is 32.9 Å². The number of benzene rings is 1. The molecule has 1 aromatic heterocycles. The molecule has 126 valence electrons. The smallest absolute Gasteiger partial charge is 0.226 e. The zero-order valence-electron chi connectivity index (χ0n) is 15.0. The number of hydrogen-bond donors (Lipinski definition) is 0. The molecule has 0 saturated heterocycles. The SMILES string of the molecule is Cc1nn(C)c(C)c1C1=C2N=C(N(C)C)N=C2c2ccccc2C1=O. The second-order valence-corrected chi connectivity index (χ2v) is 6.53. The summed E-state index contributed by atoms with van der Waals surface area (Å²) >= 11 is 0. The second-order valence-electron chi connectivity index (χ2n) is 6.53. The molecule has 2 aliphatic rings. The molecule has 6 heteroatoms. The summed E-state index contributed by atoms with van der Waals surface area (Å²) in [5.41, 5.74) is 6.13. The molecule has 1 aliphatic carbocycles. The highest BCUT2D eigenvalue weighted by Gasteiger charge is 2.36. The number of allylic oxidation sites excluding steroid dienone is 2. The van der Waals surface area contributed by atoms with Crippen LogP contribution in [0.5, 0.6) is 0 Å². The summed E-state index contributed by atoms with van der Waals surface area (Å²) in [5, 5.41) is 4.48. The first-order chi connectivity index (χ1) is 11.9. The van der Waals surface area contributed by atoms with E-state index >= 15 is 0 Å². The molecule has 2 aromatic rings. The van der Waals surface area contributed by atoms with Gasteiger partial charge in [0, 0.05) is 43.5 Å². The van der Waals surface area contributed by atoms with Crippen molar-refractivity contribution in [2.75, 3.05) is 14.1 Å². The van der Waals surface area contributed by atoms with E-state index in [4.69, 9.17) is 0 Å². The van der Waals surface area contributed by atoms with Crippen molar-refractivity contribution < 1.29 is 4.79 Å². The first-order valence-electron chi connectivity index (χ1n) is 8.14. The molecule has 25 heavy (non-hydrogen) atoms. The van der Waals surface area contributed by atoms with Crippen molar-refractivity contribution in [2.45, 2.75) is 13.8 Å². The van der Waals surface area contributed by atoms with E-state index in [1.807, 2.05) is 64.2 Å². The zero-order valence-corrected chi connectivity index (χ0v) is 15.0. The molecule has 0 radical (unpaired) electrons. The average molecular weight is 333 g/mol. The van der Waals surface area contributed by atoms with Gasteiger partial charge in [0.25, 0.3) is 0 Å². The lowest BCUT2D eigenvalue weighted by Gasteiger charge is -2.19. The summed E-state index contributed by atoms with van der Waals surface area (Å²) < 4.78 is 1.80. The molecule has 2 heterocycles. The number of carbonyl (C=O) groups excluding carboxylic acids is 1. The highest BCUT2D eigenvalue weighted by Crippen LogP contribution is 2.38. The predicted octanol–water partition coefficient (Wildman–Crippen LogP) is 2.36. The minimum Gasteiger partial charge on any atom is -0.347 e. The highest BCUT2D eigenvalue weighted by atomic mass is 16.1. The van der Waals surface area contributed by atoms with Crippen molar-refractivity contribution in [2.24, 2.45) is 17.0 Å². The molecule has 0 spiro atoms. The van der Waals surface area contributed by atoms with Crippen LogP contribution in [0.3, 0.4) is 0 Å². The summed E-state index contributed by atoms with van der Waals surface area (Å²) in [6.45, 7) is 3.89. The second kappa shape index (κ2) is 5.24. The van der Waals surface area contributed by atoms with Gasteiger partial charge in [0.05, 0.1) is 11.3 Å². The molecule has 0 fully saturated rings. The molecule has 0 unspecified atom stereocenters. The van der Waals surface area contributed by atoms with Gasteiger partial charge >= 0.3 is 0 Å². The molecule has 0 saturated carbocycles. The van der Waals surface area contributed by atoms with Crippen LogP contribution >= 0.6 is 0 Å². The highest BCUT2D eigenvalue weighted by molar-refractivity contribution is 6.43. The van der Waals surface area contributed by atoms with E-state index in [0.29, 0.717) is 22.8 Å². The zero-order chi connectivity index (χ0) is 17.9. The van der Waals surface area contributed by atoms with Crippen LogP contribution in [-0.2, 0) is 7.05 Å². The Morgan fingerprint density at radius 1 is 1.04 bits per heavy atom. The maximum absolute atomic E-state index is 13.3. The number of aromatic nitrogens is 2. The molecule has 6 nitrogen and oxygen atoms in total. The third kappa shape index (κ3) is 2.10. The third-order valence-electron chi connectivity index (χ3n) is 4.70. The average Bonchev–Trinajstić information content (AvgIpc) is 3.12. The van der Waals surface area contributed by atoms with E-state index in [0.717, 1.165) is 28.2 Å². The lowest BCUT2D eigenvalue weighted by Crippen LogP contribution is -2.20. The predicted molar refractivity (Wildman–Crippen MR) is 98.0 cm³/mol. The first kappa shape index (κ1) is 15.5. The maximum atomic E-state index is 13.3. The third-order valence-corrected chi connectivity index (χ3v) is 4.70. The van der Waals surface area contributed by atoms with Crippen LogP contribution in [0, 0.1) is 13.8 Å². The number of guanidine groups is 1. The Labute approximate surface area is 146 Å². The van der Waals surface area contributed by atoms with Gasteiger partial charge in [-0.25, -0.2) is 9.98 Å². The number of rotatable bonds is 1. The minimum absolute atomic E-state index is 0.0208. The van der Waals surface area contributed by atoms with E-state index in [9.17, 15) is 4.79 Å². The normalized spacial score (nSPS) is 15.8. The molecule has 0 N–H and O–H groups in total. The largest absolute Gasteiger partial charge is 0.347 e. The Kier molecular flexibility index (Phi) is 3.25. The van der Waals surface area contributed by atoms with Crippen molar-refractivity contribution in [3.05, 3.63) is 58.0 Å². The Hall–Kier alpha value is -3.02. The van der Waals surface area contributed by atoms with Crippen molar-refractivity contribution in [1.82, 2.24) is 14.7 Å². The van der Waals surface area contributed by atoms with Crippen LogP contribution in [0.4, 0.5) is 0 Å². The lowest BCUT2D eigenvalue weighted by atomic mass is 9.83. The van der Waals surface area contributed by atoms with Crippen LogP contribution in [0.15, 0.2) is 39.9 Å².